The molecule has 0 radical (unpaired) electrons. The number of hydrogen-bond acceptors (Lipinski definition) is 14. The molecule has 0 spiro atoms. The Kier molecular flexibility index (Phi) is 71.3. The summed E-state index contributed by atoms with van der Waals surface area (Å²) in [4.78, 5) is 58.6. The summed E-state index contributed by atoms with van der Waals surface area (Å²) in [6, 6.07) is 0. The molecule has 0 saturated carbocycles. The molecule has 0 aromatic heterocycles. The molecule has 0 bridgehead atoms. The SMILES string of the molecule is CC/C=C\C/C=C\C/C=C\C/C=C\C/C=C\CCCCCCCCCCCCCCCC(=O)OCC(O)COP(=O)(O)OCC(O)COP(=O)(O)OCC(COC(=O)CCCCCCCC/C=C\C/C=C\C/C=C\CCCCC)OC(=O)CCC/C=C\C/C=C\C/C=C\C/C=C\C/C=C\CC. The normalized spacial score (nSPS) is 14.9. The van der Waals surface area contributed by atoms with Crippen LogP contribution < -0.4 is 0 Å². The Bertz CT molecular complexity index is 2470. The van der Waals surface area contributed by atoms with Gasteiger partial charge in [-0.1, -0.05) is 288 Å². The largest absolute Gasteiger partial charge is 0.472 e. The summed E-state index contributed by atoms with van der Waals surface area (Å²) in [5, 5.41) is 20.6. The molecule has 0 fully saturated rings. The molecule has 0 aromatic rings. The number of rotatable bonds is 72. The summed E-state index contributed by atoms with van der Waals surface area (Å²) in [6.07, 6.45) is 93.0. The zero-order valence-corrected chi connectivity index (χ0v) is 64.6. The Morgan fingerprint density at radius 1 is 0.287 bits per heavy atom. The molecule has 18 heteroatoms. The number of aliphatic hydroxyl groups excluding tert-OH is 2. The van der Waals surface area contributed by atoms with E-state index in [0.717, 1.165) is 148 Å². The maximum absolute atomic E-state index is 12.9. The topological polar surface area (TPSA) is 231 Å². The molecule has 0 aromatic carbocycles. The van der Waals surface area contributed by atoms with Crippen molar-refractivity contribution in [2.75, 3.05) is 39.6 Å². The minimum atomic E-state index is -4.95. The number of phosphoric ester groups is 2. The number of phosphoric acid groups is 2. The van der Waals surface area contributed by atoms with E-state index in [9.17, 15) is 43.5 Å². The van der Waals surface area contributed by atoms with Crippen molar-refractivity contribution < 1.29 is 75.8 Å². The Labute approximate surface area is 612 Å². The highest BCUT2D eigenvalue weighted by Gasteiger charge is 2.29. The van der Waals surface area contributed by atoms with E-state index in [1.807, 2.05) is 12.2 Å². The third-order valence-corrected chi connectivity index (χ3v) is 17.6. The molecule has 0 heterocycles. The summed E-state index contributed by atoms with van der Waals surface area (Å²) in [5.74, 6) is -1.66. The number of unbranched alkanes of at least 4 members (excludes halogenated alkanes) is 23. The molecule has 16 nitrogen and oxygen atoms in total. The zero-order valence-electron chi connectivity index (χ0n) is 62.8. The van der Waals surface area contributed by atoms with Crippen molar-refractivity contribution in [2.24, 2.45) is 0 Å². The van der Waals surface area contributed by atoms with Gasteiger partial charge in [-0.05, 0) is 141 Å². The van der Waals surface area contributed by atoms with Gasteiger partial charge in [0.25, 0.3) is 0 Å². The van der Waals surface area contributed by atoms with E-state index in [-0.39, 0.29) is 19.3 Å². The van der Waals surface area contributed by atoms with Crippen LogP contribution in [0.1, 0.15) is 290 Å². The number of carbonyl (C=O) groups is 3. The van der Waals surface area contributed by atoms with Crippen LogP contribution in [-0.2, 0) is 55.8 Å². The van der Waals surface area contributed by atoms with Crippen LogP contribution in [0, 0.1) is 0 Å². The highest BCUT2D eigenvalue weighted by Crippen LogP contribution is 2.45. The second-order valence-corrected chi connectivity index (χ2v) is 28.3. The van der Waals surface area contributed by atoms with Gasteiger partial charge in [0.15, 0.2) is 6.10 Å². The van der Waals surface area contributed by atoms with Crippen LogP contribution in [0.2, 0.25) is 0 Å². The molecule has 0 aliphatic heterocycles. The van der Waals surface area contributed by atoms with E-state index in [0.29, 0.717) is 25.7 Å². The fourth-order valence-corrected chi connectivity index (χ4v) is 11.5. The quantitative estimate of drug-likeness (QED) is 0.0146. The molecular formula is C83H138O16P2. The smallest absolute Gasteiger partial charge is 0.463 e. The lowest BCUT2D eigenvalue weighted by Crippen LogP contribution is -2.30. The van der Waals surface area contributed by atoms with Gasteiger partial charge in [-0.2, -0.15) is 0 Å². The van der Waals surface area contributed by atoms with Gasteiger partial charge < -0.3 is 34.2 Å². The van der Waals surface area contributed by atoms with E-state index in [4.69, 9.17) is 32.3 Å². The Hall–Kier alpha value is -4.83. The number of aliphatic hydroxyl groups is 2. The Morgan fingerprint density at radius 3 is 0.861 bits per heavy atom. The van der Waals surface area contributed by atoms with Crippen molar-refractivity contribution in [1.82, 2.24) is 0 Å². The van der Waals surface area contributed by atoms with Crippen molar-refractivity contribution in [1.29, 1.82) is 0 Å². The van der Waals surface area contributed by atoms with Crippen molar-refractivity contribution in [3.8, 4) is 0 Å². The van der Waals surface area contributed by atoms with Crippen LogP contribution in [0.25, 0.3) is 0 Å². The Morgan fingerprint density at radius 2 is 0.535 bits per heavy atom. The molecule has 5 unspecified atom stereocenters. The van der Waals surface area contributed by atoms with Gasteiger partial charge in [0.05, 0.1) is 26.4 Å². The summed E-state index contributed by atoms with van der Waals surface area (Å²) in [7, 11) is -9.82. The minimum Gasteiger partial charge on any atom is -0.463 e. The van der Waals surface area contributed by atoms with E-state index in [1.54, 1.807) is 0 Å². The lowest BCUT2D eigenvalue weighted by molar-refractivity contribution is -0.161. The molecule has 0 rings (SSSR count). The second kappa shape index (κ2) is 74.9. The summed E-state index contributed by atoms with van der Waals surface area (Å²) < 4.78 is 61.0. The first kappa shape index (κ1) is 96.2. The maximum atomic E-state index is 12.9. The first-order chi connectivity index (χ1) is 49.2. The molecule has 4 N–H and O–H groups in total. The Balaban J connectivity index is 4.60. The summed E-state index contributed by atoms with van der Waals surface area (Å²) in [5.41, 5.74) is 0. The fraction of sp³-hybridized carbons (Fsp3) is 0.651. The average Bonchev–Trinajstić information content (AvgIpc) is 1.06. The van der Waals surface area contributed by atoms with E-state index in [1.165, 1.54) is 77.0 Å². The van der Waals surface area contributed by atoms with Crippen molar-refractivity contribution in [3.63, 3.8) is 0 Å². The van der Waals surface area contributed by atoms with Gasteiger partial charge in [0.1, 0.15) is 25.4 Å². The van der Waals surface area contributed by atoms with Gasteiger partial charge in [-0.15, -0.1) is 0 Å². The molecule has 5 atom stereocenters. The molecule has 0 amide bonds. The number of carbonyl (C=O) groups excluding carboxylic acids is 3. The predicted molar refractivity (Wildman–Crippen MR) is 417 cm³/mol. The van der Waals surface area contributed by atoms with Gasteiger partial charge in [0, 0.05) is 19.3 Å². The molecule has 576 valence electrons. The van der Waals surface area contributed by atoms with Gasteiger partial charge >= 0.3 is 33.6 Å². The number of hydrogen-bond donors (Lipinski definition) is 4. The highest BCUT2D eigenvalue weighted by atomic mass is 31.2. The van der Waals surface area contributed by atoms with Crippen LogP contribution in [0.4, 0.5) is 0 Å². The van der Waals surface area contributed by atoms with Crippen LogP contribution >= 0.6 is 15.6 Å². The van der Waals surface area contributed by atoms with Crippen molar-refractivity contribution in [2.45, 2.75) is 309 Å². The third-order valence-electron chi connectivity index (χ3n) is 15.7. The van der Waals surface area contributed by atoms with Crippen LogP contribution in [0.15, 0.2) is 158 Å². The molecule has 0 aliphatic carbocycles. The third kappa shape index (κ3) is 76.1. The average molecular weight is 1450 g/mol. The summed E-state index contributed by atoms with van der Waals surface area (Å²) in [6.45, 7) is 2.33. The molecule has 0 saturated heterocycles. The maximum Gasteiger partial charge on any atom is 0.472 e. The number of esters is 3. The minimum absolute atomic E-state index is 0.0187. The van der Waals surface area contributed by atoms with Crippen molar-refractivity contribution >= 4 is 33.6 Å². The summed E-state index contributed by atoms with van der Waals surface area (Å²) >= 11 is 0. The number of ether oxygens (including phenoxy) is 3. The molecular weight excluding hydrogens is 1310 g/mol. The van der Waals surface area contributed by atoms with Crippen LogP contribution in [0.3, 0.4) is 0 Å². The fourth-order valence-electron chi connectivity index (χ4n) is 9.88. The first-order valence-electron chi connectivity index (χ1n) is 38.8. The van der Waals surface area contributed by atoms with E-state index >= 15 is 0 Å². The van der Waals surface area contributed by atoms with Gasteiger partial charge in [0.2, 0.25) is 0 Å². The van der Waals surface area contributed by atoms with Gasteiger partial charge in [-0.25, -0.2) is 9.13 Å². The standard InChI is InChI=1S/C83H138O16P2/c1-4-7-10-13-16-19-22-25-28-31-33-34-35-36-37-38-39-40-41-42-44-47-48-51-54-57-60-63-66-69-81(86)93-72-78(84)73-95-100(89,90)96-74-79(85)75-97-101(91,92)98-77-80(99-83(88)71-68-65-62-59-56-53-50-45-30-27-24-21-18-15-12-9-6-3)76-94-82(87)70-67-64-61-58-55-52-49-46-43-32-29-26-23-20-17-14-11-8-5-2/h7,9-10,12,16-21,25-30,33-34,36-37,43,46,50,53,59,62,78-80,84-85H,4-6,8,11,13-15,22-24,31-32,35,38-42,44-45,47-49,51-52,54-58,60-61,63-77H2,1-3H3,(H,89,90)(H,91,92)/b10-7-,12-9-,19-16-,20-17-,21-18-,28-25-,29-26-,30-27-,34-33-,37-36-,46-43-,53-50-,62-59-. The zero-order chi connectivity index (χ0) is 73.7. The van der Waals surface area contributed by atoms with E-state index in [2.05, 4.69) is 167 Å². The van der Waals surface area contributed by atoms with Gasteiger partial charge in [-0.3, -0.25) is 32.5 Å². The highest BCUT2D eigenvalue weighted by molar-refractivity contribution is 7.47. The lowest BCUT2D eigenvalue weighted by atomic mass is 10.0. The van der Waals surface area contributed by atoms with E-state index < -0.39 is 91.5 Å². The molecule has 101 heavy (non-hydrogen) atoms. The lowest BCUT2D eigenvalue weighted by Gasteiger charge is -2.21. The molecule has 0 aliphatic rings. The van der Waals surface area contributed by atoms with Crippen molar-refractivity contribution in [3.05, 3.63) is 158 Å². The second-order valence-electron chi connectivity index (χ2n) is 25.4. The predicted octanol–water partition coefficient (Wildman–Crippen LogP) is 22.6. The monoisotopic (exact) mass is 1450 g/mol. The number of allylic oxidation sites excluding steroid dienone is 26. The first-order valence-corrected chi connectivity index (χ1v) is 41.8. The van der Waals surface area contributed by atoms with Crippen LogP contribution in [0.5, 0.6) is 0 Å². The van der Waals surface area contributed by atoms with Crippen LogP contribution in [-0.4, -0.2) is 95.9 Å².